The van der Waals surface area contributed by atoms with Gasteiger partial charge in [-0.05, 0) is 24.0 Å². The minimum Gasteiger partial charge on any atom is -0.496 e. The molecule has 0 amide bonds. The van der Waals surface area contributed by atoms with E-state index >= 15 is 0 Å². The molecule has 1 heterocycles. The Kier molecular flexibility index (Phi) is 3.54. The third-order valence-electron chi connectivity index (χ3n) is 3.10. The smallest absolute Gasteiger partial charge is 0.132 e. The zero-order chi connectivity index (χ0) is 14.2. The fourth-order valence-corrected chi connectivity index (χ4v) is 2.73. The normalized spacial score (nSPS) is 11.6. The van der Waals surface area contributed by atoms with Crippen molar-refractivity contribution in [1.82, 2.24) is 4.98 Å². The highest BCUT2D eigenvalue weighted by Crippen LogP contribution is 2.42. The predicted molar refractivity (Wildman–Crippen MR) is 82.0 cm³/mol. The summed E-state index contributed by atoms with van der Waals surface area (Å²) in [6.45, 7) is 8.62. The van der Waals surface area contributed by atoms with E-state index in [1.807, 2.05) is 0 Å². The number of hydrogen-bond donors (Lipinski definition) is 1. The maximum Gasteiger partial charge on any atom is 0.132 e. The van der Waals surface area contributed by atoms with E-state index in [-0.39, 0.29) is 5.41 Å². The molecule has 0 atom stereocenters. The predicted octanol–water partition coefficient (Wildman–Crippen LogP) is 4.01. The third-order valence-corrected chi connectivity index (χ3v) is 3.75. The van der Waals surface area contributed by atoms with Gasteiger partial charge >= 0.3 is 0 Å². The van der Waals surface area contributed by atoms with Crippen molar-refractivity contribution in [2.45, 2.75) is 33.1 Å². The van der Waals surface area contributed by atoms with Gasteiger partial charge in [0.25, 0.3) is 0 Å². The zero-order valence-electron chi connectivity index (χ0n) is 12.1. The van der Waals surface area contributed by atoms with Crippen molar-refractivity contribution in [3.05, 3.63) is 28.8 Å². The first-order valence-corrected chi connectivity index (χ1v) is 7.11. The zero-order valence-corrected chi connectivity index (χ0v) is 12.9. The van der Waals surface area contributed by atoms with Gasteiger partial charge in [0.15, 0.2) is 0 Å². The lowest BCUT2D eigenvalue weighted by atomic mass is 9.83. The molecule has 1 aromatic heterocycles. The van der Waals surface area contributed by atoms with Crippen LogP contribution in [0.5, 0.6) is 5.75 Å². The third kappa shape index (κ3) is 2.59. The van der Waals surface area contributed by atoms with Gasteiger partial charge in [0.05, 0.1) is 12.6 Å². The van der Waals surface area contributed by atoms with Gasteiger partial charge < -0.3 is 10.5 Å². The van der Waals surface area contributed by atoms with Crippen LogP contribution in [-0.2, 0) is 5.41 Å². The molecule has 3 nitrogen and oxygen atoms in total. The van der Waals surface area contributed by atoms with Crippen LogP contribution in [0.1, 0.15) is 31.9 Å². The second-order valence-corrected chi connectivity index (χ2v) is 6.59. The van der Waals surface area contributed by atoms with Crippen LogP contribution < -0.4 is 10.5 Å². The van der Waals surface area contributed by atoms with Crippen molar-refractivity contribution >= 4 is 16.3 Å². The number of nitrogens with zero attached hydrogens (tertiary/aromatic N) is 1. The molecular weight excluding hydrogens is 256 g/mol. The molecule has 0 aliphatic carbocycles. The average Bonchev–Trinajstić information content (AvgIpc) is 2.73. The molecule has 2 aromatic rings. The number of hydrogen-bond acceptors (Lipinski definition) is 4. The highest BCUT2D eigenvalue weighted by atomic mass is 32.1. The SMILES string of the molecule is COc1c(-c2ncsc2N)cc(C)cc1C(C)(C)C. The highest BCUT2D eigenvalue weighted by molar-refractivity contribution is 7.14. The second-order valence-electron chi connectivity index (χ2n) is 5.71. The minimum absolute atomic E-state index is 0.0108. The number of aryl methyl sites for hydroxylation is 1. The Hall–Kier alpha value is -1.55. The molecule has 0 aliphatic rings. The van der Waals surface area contributed by atoms with Crippen LogP contribution in [-0.4, -0.2) is 12.1 Å². The molecule has 0 spiro atoms. The molecule has 2 N–H and O–H groups in total. The van der Waals surface area contributed by atoms with E-state index in [9.17, 15) is 0 Å². The standard InChI is InChI=1S/C15H20N2OS/c1-9-6-10(12-14(16)19-8-17-12)13(18-5)11(7-9)15(2,3)4/h6-8H,16H2,1-5H3. The van der Waals surface area contributed by atoms with E-state index in [0.717, 1.165) is 22.0 Å². The second kappa shape index (κ2) is 4.85. The maximum atomic E-state index is 6.01. The number of nitrogen functional groups attached to an aromatic ring is 1. The number of rotatable bonds is 2. The number of nitrogens with two attached hydrogens (primary N) is 1. The van der Waals surface area contributed by atoms with Crippen molar-refractivity contribution in [3.8, 4) is 17.0 Å². The largest absolute Gasteiger partial charge is 0.496 e. The van der Waals surface area contributed by atoms with Crippen LogP contribution in [0.4, 0.5) is 5.00 Å². The minimum atomic E-state index is 0.0108. The van der Waals surface area contributed by atoms with Crippen LogP contribution in [0.3, 0.4) is 0 Å². The number of methoxy groups -OCH3 is 1. The summed E-state index contributed by atoms with van der Waals surface area (Å²) in [5, 5.41) is 0.726. The van der Waals surface area contributed by atoms with Crippen molar-refractivity contribution in [3.63, 3.8) is 0 Å². The molecule has 0 aliphatic heterocycles. The molecule has 0 bridgehead atoms. The van der Waals surface area contributed by atoms with E-state index in [1.165, 1.54) is 22.5 Å². The van der Waals surface area contributed by atoms with Gasteiger partial charge in [0, 0.05) is 11.1 Å². The molecule has 0 saturated heterocycles. The van der Waals surface area contributed by atoms with E-state index in [4.69, 9.17) is 10.5 Å². The summed E-state index contributed by atoms with van der Waals surface area (Å²) >= 11 is 1.45. The van der Waals surface area contributed by atoms with Crippen LogP contribution in [0.2, 0.25) is 0 Å². The molecule has 102 valence electrons. The van der Waals surface area contributed by atoms with E-state index in [0.29, 0.717) is 0 Å². The van der Waals surface area contributed by atoms with Crippen molar-refractivity contribution in [1.29, 1.82) is 0 Å². The summed E-state index contributed by atoms with van der Waals surface area (Å²) in [5.74, 6) is 0.871. The quantitative estimate of drug-likeness (QED) is 0.901. The van der Waals surface area contributed by atoms with Crippen LogP contribution >= 0.6 is 11.3 Å². The Balaban J connectivity index is 2.75. The van der Waals surface area contributed by atoms with Gasteiger partial charge in [0.1, 0.15) is 16.4 Å². The topological polar surface area (TPSA) is 48.1 Å². The molecule has 0 radical (unpaired) electrons. The van der Waals surface area contributed by atoms with Crippen LogP contribution in [0.25, 0.3) is 11.3 Å². The summed E-state index contributed by atoms with van der Waals surface area (Å²) in [4.78, 5) is 4.37. The highest BCUT2D eigenvalue weighted by Gasteiger charge is 2.23. The number of thiazole rings is 1. The van der Waals surface area contributed by atoms with Crippen molar-refractivity contribution in [2.24, 2.45) is 0 Å². The molecule has 19 heavy (non-hydrogen) atoms. The average molecular weight is 276 g/mol. The van der Waals surface area contributed by atoms with Gasteiger partial charge in [-0.15, -0.1) is 11.3 Å². The lowest BCUT2D eigenvalue weighted by Crippen LogP contribution is -2.14. The summed E-state index contributed by atoms with van der Waals surface area (Å²) < 4.78 is 5.65. The lowest BCUT2D eigenvalue weighted by Gasteiger charge is -2.24. The fourth-order valence-electron chi connectivity index (χ4n) is 2.18. The van der Waals surface area contributed by atoms with E-state index in [1.54, 1.807) is 12.6 Å². The number of anilines is 1. The summed E-state index contributed by atoms with van der Waals surface area (Å²) in [5.41, 5.74) is 11.9. The monoisotopic (exact) mass is 276 g/mol. The Bertz CT molecular complexity index is 597. The van der Waals surface area contributed by atoms with Crippen molar-refractivity contribution in [2.75, 3.05) is 12.8 Å². The summed E-state index contributed by atoms with van der Waals surface area (Å²) in [6.07, 6.45) is 0. The maximum absolute atomic E-state index is 6.01. The molecule has 0 saturated carbocycles. The summed E-state index contributed by atoms with van der Waals surface area (Å²) in [7, 11) is 1.70. The molecule has 4 heteroatoms. The molecule has 1 aromatic carbocycles. The Morgan fingerprint density at radius 2 is 1.95 bits per heavy atom. The number of benzene rings is 1. The van der Waals surface area contributed by atoms with Gasteiger partial charge in [-0.2, -0.15) is 0 Å². The molecule has 0 unspecified atom stereocenters. The first-order valence-electron chi connectivity index (χ1n) is 6.23. The van der Waals surface area contributed by atoms with Gasteiger partial charge in [-0.25, -0.2) is 4.98 Å². The fraction of sp³-hybridized carbons (Fsp3) is 0.400. The first kappa shape index (κ1) is 13.9. The van der Waals surface area contributed by atoms with E-state index in [2.05, 4.69) is 44.8 Å². The lowest BCUT2D eigenvalue weighted by molar-refractivity contribution is 0.399. The van der Waals surface area contributed by atoms with Gasteiger partial charge in [-0.3, -0.25) is 0 Å². The molecule has 2 rings (SSSR count). The van der Waals surface area contributed by atoms with Crippen LogP contribution in [0.15, 0.2) is 17.6 Å². The summed E-state index contributed by atoms with van der Waals surface area (Å²) in [6, 6.07) is 4.25. The van der Waals surface area contributed by atoms with Gasteiger partial charge in [0.2, 0.25) is 0 Å². The Morgan fingerprint density at radius 3 is 2.42 bits per heavy atom. The number of ether oxygens (including phenoxy) is 1. The Morgan fingerprint density at radius 1 is 1.26 bits per heavy atom. The first-order chi connectivity index (χ1) is 8.84. The molecule has 0 fully saturated rings. The Labute approximate surface area is 118 Å². The molecular formula is C15H20N2OS. The number of aromatic nitrogens is 1. The van der Waals surface area contributed by atoms with Crippen LogP contribution in [0, 0.1) is 6.92 Å². The van der Waals surface area contributed by atoms with E-state index < -0.39 is 0 Å². The van der Waals surface area contributed by atoms with Crippen molar-refractivity contribution < 1.29 is 4.74 Å². The van der Waals surface area contributed by atoms with Gasteiger partial charge in [-0.1, -0.05) is 26.8 Å².